The van der Waals surface area contributed by atoms with Gasteiger partial charge in [0.25, 0.3) is 0 Å². The fraction of sp³-hybridized carbons (Fsp3) is 0.800. The van der Waals surface area contributed by atoms with Gasteiger partial charge in [-0.05, 0) is 12.5 Å². The molecule has 1 N–H and O–H groups in total. The van der Waals surface area contributed by atoms with Crippen LogP contribution in [0.2, 0.25) is 0 Å². The molecule has 4 unspecified atom stereocenters. The van der Waals surface area contributed by atoms with Gasteiger partial charge in [-0.3, -0.25) is 4.48 Å². The van der Waals surface area contributed by atoms with Crippen LogP contribution in [-0.2, 0) is 0 Å². The fourth-order valence-electron chi connectivity index (χ4n) is 4.53. The summed E-state index contributed by atoms with van der Waals surface area (Å²) in [5.41, 5.74) is 2.38. The number of aliphatic hydroxyl groups is 1. The topological polar surface area (TPSA) is 20.2 Å². The minimum Gasteiger partial charge on any atom is -0.396 e. The zero-order valence-corrected chi connectivity index (χ0v) is 7.33. The Kier molecular flexibility index (Phi) is 0.668. The first kappa shape index (κ1) is 6.17. The lowest BCUT2D eigenvalue weighted by atomic mass is 9.99. The van der Waals surface area contributed by atoms with E-state index in [2.05, 4.69) is 13.1 Å². The smallest absolute Gasteiger partial charge is 0.170 e. The normalized spacial score (nSPS) is 68.8. The summed E-state index contributed by atoms with van der Waals surface area (Å²) in [6.07, 6.45) is 4.97. The van der Waals surface area contributed by atoms with Crippen molar-refractivity contribution in [1.82, 2.24) is 0 Å². The molecule has 2 heteroatoms. The minimum absolute atomic E-state index is 0.400. The summed E-state index contributed by atoms with van der Waals surface area (Å²) >= 11 is 0. The van der Waals surface area contributed by atoms with Crippen molar-refractivity contribution < 1.29 is 9.59 Å². The van der Waals surface area contributed by atoms with E-state index in [0.29, 0.717) is 18.1 Å². The number of rotatable bonds is 1. The van der Waals surface area contributed by atoms with Crippen molar-refractivity contribution in [1.29, 1.82) is 0 Å². The molecule has 1 aliphatic carbocycles. The molecule has 0 aromatic rings. The Hall–Kier alpha value is -0.340. The van der Waals surface area contributed by atoms with E-state index >= 15 is 0 Å². The maximum absolute atomic E-state index is 9.23. The molecule has 3 heterocycles. The first-order valence-electron chi connectivity index (χ1n) is 4.94. The summed E-state index contributed by atoms with van der Waals surface area (Å²) in [6, 6.07) is 0.812. The average Bonchev–Trinajstić information content (AvgIpc) is 2.85. The van der Waals surface area contributed by atoms with Gasteiger partial charge in [0.05, 0.1) is 13.7 Å². The number of likely N-dealkylation sites (N-methyl/N-ethyl adjacent to an activating group) is 1. The Balaban J connectivity index is 1.87. The van der Waals surface area contributed by atoms with Gasteiger partial charge >= 0.3 is 0 Å². The van der Waals surface area contributed by atoms with Crippen LogP contribution in [0.4, 0.5) is 0 Å². The van der Waals surface area contributed by atoms with Gasteiger partial charge in [-0.1, -0.05) is 0 Å². The molecular weight excluding hydrogens is 150 g/mol. The Morgan fingerprint density at radius 3 is 3.33 bits per heavy atom. The van der Waals surface area contributed by atoms with E-state index in [1.54, 1.807) is 5.70 Å². The molecule has 0 aromatic carbocycles. The third-order valence-electron chi connectivity index (χ3n) is 5.04. The van der Waals surface area contributed by atoms with Crippen molar-refractivity contribution in [2.75, 3.05) is 13.7 Å². The summed E-state index contributed by atoms with van der Waals surface area (Å²) in [5.74, 6) is 1.52. The number of hydrogen-bond donors (Lipinski definition) is 1. The summed E-state index contributed by atoms with van der Waals surface area (Å²) in [4.78, 5) is 0. The van der Waals surface area contributed by atoms with Gasteiger partial charge in [0.15, 0.2) is 11.6 Å². The highest BCUT2D eigenvalue weighted by molar-refractivity contribution is 5.45. The number of hydrogen-bond acceptors (Lipinski definition) is 1. The molecule has 3 aliphatic heterocycles. The van der Waals surface area contributed by atoms with Gasteiger partial charge in [0.2, 0.25) is 0 Å². The third kappa shape index (κ3) is 0.306. The van der Waals surface area contributed by atoms with E-state index < -0.39 is 0 Å². The molecule has 3 fully saturated rings. The molecule has 5 atom stereocenters. The van der Waals surface area contributed by atoms with Crippen molar-refractivity contribution in [2.24, 2.45) is 11.8 Å². The van der Waals surface area contributed by atoms with Gasteiger partial charge < -0.3 is 5.11 Å². The van der Waals surface area contributed by atoms with Crippen LogP contribution in [-0.4, -0.2) is 34.8 Å². The van der Waals surface area contributed by atoms with Crippen LogP contribution in [0.25, 0.3) is 0 Å². The molecule has 0 bridgehead atoms. The monoisotopic (exact) mass is 164 g/mol. The maximum atomic E-state index is 9.23. The Morgan fingerprint density at radius 2 is 2.58 bits per heavy atom. The number of nitrogens with zero attached hydrogens (tertiary/aromatic N) is 1. The van der Waals surface area contributed by atoms with Crippen molar-refractivity contribution in [3.63, 3.8) is 0 Å². The van der Waals surface area contributed by atoms with Gasteiger partial charge in [-0.2, -0.15) is 0 Å². The van der Waals surface area contributed by atoms with Gasteiger partial charge in [0, 0.05) is 12.3 Å². The largest absolute Gasteiger partial charge is 0.396 e. The van der Waals surface area contributed by atoms with Crippen LogP contribution < -0.4 is 0 Å². The first-order chi connectivity index (χ1) is 5.77. The highest BCUT2D eigenvalue weighted by Gasteiger charge is 3.02. The molecule has 4 aliphatic rings. The molecule has 0 radical (unpaired) electrons. The first-order valence-corrected chi connectivity index (χ1v) is 4.94. The molecule has 12 heavy (non-hydrogen) atoms. The van der Waals surface area contributed by atoms with Crippen LogP contribution in [0.1, 0.15) is 12.8 Å². The average molecular weight is 164 g/mol. The second kappa shape index (κ2) is 1.30. The van der Waals surface area contributed by atoms with Gasteiger partial charge in [-0.15, -0.1) is 0 Å². The van der Waals surface area contributed by atoms with E-state index in [9.17, 15) is 5.11 Å². The van der Waals surface area contributed by atoms with Crippen LogP contribution in [0.3, 0.4) is 0 Å². The second-order valence-electron chi connectivity index (χ2n) is 5.08. The lowest BCUT2D eigenvalue weighted by Crippen LogP contribution is -2.37. The Morgan fingerprint density at radius 1 is 1.75 bits per heavy atom. The van der Waals surface area contributed by atoms with E-state index in [1.807, 2.05) is 0 Å². The Bertz CT molecular complexity index is 324. The van der Waals surface area contributed by atoms with Gasteiger partial charge in [-0.25, -0.2) is 0 Å². The quantitative estimate of drug-likeness (QED) is 0.441. The third-order valence-corrected chi connectivity index (χ3v) is 5.04. The highest BCUT2D eigenvalue weighted by Crippen LogP contribution is 2.86. The van der Waals surface area contributed by atoms with Crippen LogP contribution in [0.15, 0.2) is 11.8 Å². The number of quaternary nitrogens is 1. The van der Waals surface area contributed by atoms with Crippen LogP contribution >= 0.6 is 0 Å². The molecule has 2 nitrogen and oxygen atoms in total. The molecule has 4 rings (SSSR count). The molecular formula is C10H14NO+. The van der Waals surface area contributed by atoms with Crippen molar-refractivity contribution in [2.45, 2.75) is 24.4 Å². The fourth-order valence-corrected chi connectivity index (χ4v) is 4.53. The summed E-state index contributed by atoms with van der Waals surface area (Å²) in [6.45, 7) is 0.400. The van der Waals surface area contributed by atoms with Crippen molar-refractivity contribution in [3.05, 3.63) is 11.8 Å². The number of piperidine rings is 1. The predicted molar refractivity (Wildman–Crippen MR) is 44.1 cm³/mol. The van der Waals surface area contributed by atoms with Crippen LogP contribution in [0, 0.1) is 11.8 Å². The lowest BCUT2D eigenvalue weighted by molar-refractivity contribution is -0.803. The van der Waals surface area contributed by atoms with Crippen molar-refractivity contribution >= 4 is 0 Å². The lowest BCUT2D eigenvalue weighted by Gasteiger charge is -2.29. The minimum atomic E-state index is 0.400. The van der Waals surface area contributed by atoms with Gasteiger partial charge in [0.1, 0.15) is 11.6 Å². The van der Waals surface area contributed by atoms with E-state index in [0.717, 1.165) is 18.4 Å². The second-order valence-corrected chi connectivity index (χ2v) is 5.08. The summed E-state index contributed by atoms with van der Waals surface area (Å²) < 4.78 is 1.24. The molecule has 1 spiro atoms. The molecule has 1 saturated carbocycles. The molecule has 0 aromatic heterocycles. The SMILES string of the molecule is C[N+]12C3=CCC(CO)C1C21C[C@H]31. The zero-order chi connectivity index (χ0) is 8.14. The molecule has 0 amide bonds. The number of aliphatic hydroxyl groups excluding tert-OH is 1. The summed E-state index contributed by atoms with van der Waals surface area (Å²) in [7, 11) is 2.36. The zero-order valence-electron chi connectivity index (χ0n) is 7.33. The number of allylic oxidation sites excluding steroid dienone is 1. The number of fused-ring (bicyclic) bond motifs is 1. The van der Waals surface area contributed by atoms with E-state index in [-0.39, 0.29) is 0 Å². The Labute approximate surface area is 72.1 Å². The highest BCUT2D eigenvalue weighted by atomic mass is 16.3. The summed E-state index contributed by atoms with van der Waals surface area (Å²) in [5, 5.41) is 9.23. The predicted octanol–water partition coefficient (Wildman–Crippen LogP) is 0.484. The molecule has 64 valence electrons. The van der Waals surface area contributed by atoms with Crippen molar-refractivity contribution in [3.8, 4) is 0 Å². The maximum Gasteiger partial charge on any atom is 0.170 e. The molecule has 2 saturated heterocycles. The van der Waals surface area contributed by atoms with E-state index in [1.165, 1.54) is 10.9 Å². The standard InChI is InChI=1S/C10H14NO/c1-11-8-3-2-6(5-12)9(11)10(11)4-7(8)10/h3,6-7,9,12H,2,4-5H2,1H3/q+1/t6?,7-,9?,10?,11?/m1/s1. The van der Waals surface area contributed by atoms with E-state index in [4.69, 9.17) is 0 Å². The van der Waals surface area contributed by atoms with Crippen LogP contribution in [0.5, 0.6) is 0 Å².